The van der Waals surface area contributed by atoms with Gasteiger partial charge in [-0.2, -0.15) is 0 Å². The van der Waals surface area contributed by atoms with Crippen LogP contribution in [0.1, 0.15) is 19.3 Å². The third-order valence-corrected chi connectivity index (χ3v) is 3.92. The van der Waals surface area contributed by atoms with Crippen molar-refractivity contribution in [3.05, 3.63) is 24.3 Å². The van der Waals surface area contributed by atoms with E-state index in [0.29, 0.717) is 37.7 Å². The maximum absolute atomic E-state index is 12.2. The number of nitrogens with zero attached hydrogens (tertiary/aromatic N) is 1. The molecule has 1 heterocycles. The van der Waals surface area contributed by atoms with Gasteiger partial charge < -0.3 is 24.8 Å². The Hall–Kier alpha value is -1.79. The minimum absolute atomic E-state index is 0.00341. The SMILES string of the molecule is COc1ccccc1OCC(=O)N1CCC(OCCCN)CC1. The van der Waals surface area contributed by atoms with Gasteiger partial charge in [-0.1, -0.05) is 12.1 Å². The van der Waals surface area contributed by atoms with Gasteiger partial charge in [-0.05, 0) is 37.9 Å². The molecule has 23 heavy (non-hydrogen) atoms. The molecule has 0 aromatic heterocycles. The summed E-state index contributed by atoms with van der Waals surface area (Å²) in [5.74, 6) is 1.21. The van der Waals surface area contributed by atoms with E-state index in [1.807, 2.05) is 23.1 Å². The maximum Gasteiger partial charge on any atom is 0.260 e. The van der Waals surface area contributed by atoms with Crippen molar-refractivity contribution in [1.82, 2.24) is 4.90 Å². The molecule has 2 rings (SSSR count). The van der Waals surface area contributed by atoms with E-state index in [1.165, 1.54) is 0 Å². The van der Waals surface area contributed by atoms with Gasteiger partial charge in [0.15, 0.2) is 18.1 Å². The number of para-hydroxylation sites is 2. The summed E-state index contributed by atoms with van der Waals surface area (Å²) in [4.78, 5) is 14.1. The minimum atomic E-state index is -0.00341. The second-order valence-corrected chi connectivity index (χ2v) is 5.53. The standard InChI is InChI=1S/C17H26N2O4/c1-21-15-5-2-3-6-16(15)23-13-17(20)19-10-7-14(8-11-19)22-12-4-9-18/h2-3,5-6,14H,4,7-13,18H2,1H3. The fraction of sp³-hybridized carbons (Fsp3) is 0.588. The molecule has 1 aromatic carbocycles. The highest BCUT2D eigenvalue weighted by Gasteiger charge is 2.23. The van der Waals surface area contributed by atoms with Crippen molar-refractivity contribution < 1.29 is 19.0 Å². The van der Waals surface area contributed by atoms with Crippen LogP contribution >= 0.6 is 0 Å². The van der Waals surface area contributed by atoms with Crippen LogP contribution < -0.4 is 15.2 Å². The number of ether oxygens (including phenoxy) is 3. The van der Waals surface area contributed by atoms with Crippen molar-refractivity contribution in [2.45, 2.75) is 25.4 Å². The number of methoxy groups -OCH3 is 1. The molecule has 1 aliphatic heterocycles. The topological polar surface area (TPSA) is 74.0 Å². The van der Waals surface area contributed by atoms with E-state index in [2.05, 4.69) is 0 Å². The number of piperidine rings is 1. The largest absolute Gasteiger partial charge is 0.493 e. The maximum atomic E-state index is 12.2. The summed E-state index contributed by atoms with van der Waals surface area (Å²) in [6, 6.07) is 7.32. The van der Waals surface area contributed by atoms with Gasteiger partial charge in [0.05, 0.1) is 13.2 Å². The van der Waals surface area contributed by atoms with E-state index in [4.69, 9.17) is 19.9 Å². The summed E-state index contributed by atoms with van der Waals surface area (Å²) in [5.41, 5.74) is 5.45. The van der Waals surface area contributed by atoms with Gasteiger partial charge in [-0.3, -0.25) is 4.79 Å². The lowest BCUT2D eigenvalue weighted by atomic mass is 10.1. The highest BCUT2D eigenvalue weighted by molar-refractivity contribution is 5.78. The predicted molar refractivity (Wildman–Crippen MR) is 87.7 cm³/mol. The van der Waals surface area contributed by atoms with Gasteiger partial charge >= 0.3 is 0 Å². The van der Waals surface area contributed by atoms with Gasteiger partial charge in [-0.25, -0.2) is 0 Å². The summed E-state index contributed by atoms with van der Waals surface area (Å²) < 4.78 is 16.5. The van der Waals surface area contributed by atoms with Crippen molar-refractivity contribution >= 4 is 5.91 Å². The first-order valence-corrected chi connectivity index (χ1v) is 8.10. The van der Waals surface area contributed by atoms with Crippen LogP contribution in [-0.4, -0.2) is 56.9 Å². The summed E-state index contributed by atoms with van der Waals surface area (Å²) >= 11 is 0. The fourth-order valence-corrected chi connectivity index (χ4v) is 2.57. The van der Waals surface area contributed by atoms with Crippen LogP contribution in [0.4, 0.5) is 0 Å². The first kappa shape index (κ1) is 17.6. The summed E-state index contributed by atoms with van der Waals surface area (Å²) in [6.07, 6.45) is 2.85. The molecule has 0 aliphatic carbocycles. The van der Waals surface area contributed by atoms with Crippen LogP contribution in [0, 0.1) is 0 Å². The van der Waals surface area contributed by atoms with Crippen LogP contribution in [-0.2, 0) is 9.53 Å². The van der Waals surface area contributed by atoms with Crippen LogP contribution in [0.3, 0.4) is 0 Å². The molecule has 0 atom stereocenters. The number of hydrogen-bond acceptors (Lipinski definition) is 5. The molecule has 1 saturated heterocycles. The van der Waals surface area contributed by atoms with Crippen molar-refractivity contribution in [2.24, 2.45) is 5.73 Å². The van der Waals surface area contributed by atoms with Gasteiger partial charge in [-0.15, -0.1) is 0 Å². The summed E-state index contributed by atoms with van der Waals surface area (Å²) in [7, 11) is 1.58. The molecule has 128 valence electrons. The molecule has 0 bridgehead atoms. The molecular formula is C17H26N2O4. The Morgan fingerprint density at radius 2 is 1.96 bits per heavy atom. The Kier molecular flexibility index (Phi) is 7.16. The van der Waals surface area contributed by atoms with E-state index >= 15 is 0 Å². The molecule has 0 unspecified atom stereocenters. The highest BCUT2D eigenvalue weighted by Crippen LogP contribution is 2.25. The first-order valence-electron chi connectivity index (χ1n) is 8.10. The second kappa shape index (κ2) is 9.37. The number of hydrogen-bond donors (Lipinski definition) is 1. The van der Waals surface area contributed by atoms with Crippen molar-refractivity contribution in [3.63, 3.8) is 0 Å². The number of carbonyl (C=O) groups is 1. The van der Waals surface area contributed by atoms with Crippen molar-refractivity contribution in [2.75, 3.05) is 40.0 Å². The molecule has 1 aliphatic rings. The monoisotopic (exact) mass is 322 g/mol. The fourth-order valence-electron chi connectivity index (χ4n) is 2.57. The smallest absolute Gasteiger partial charge is 0.260 e. The molecule has 6 nitrogen and oxygen atoms in total. The van der Waals surface area contributed by atoms with Crippen molar-refractivity contribution in [1.29, 1.82) is 0 Å². The normalized spacial score (nSPS) is 15.5. The highest BCUT2D eigenvalue weighted by atomic mass is 16.5. The number of carbonyl (C=O) groups excluding carboxylic acids is 1. The average Bonchev–Trinajstić information content (AvgIpc) is 2.60. The molecule has 0 radical (unpaired) electrons. The van der Waals surface area contributed by atoms with Crippen LogP contribution in [0.2, 0.25) is 0 Å². The third kappa shape index (κ3) is 5.41. The quantitative estimate of drug-likeness (QED) is 0.733. The van der Waals surface area contributed by atoms with Crippen LogP contribution in [0.15, 0.2) is 24.3 Å². The molecule has 1 fully saturated rings. The minimum Gasteiger partial charge on any atom is -0.493 e. The predicted octanol–water partition coefficient (Wildman–Crippen LogP) is 1.43. The summed E-state index contributed by atoms with van der Waals surface area (Å²) in [5, 5.41) is 0. The number of amides is 1. The van der Waals surface area contributed by atoms with Crippen LogP contribution in [0.5, 0.6) is 11.5 Å². The van der Waals surface area contributed by atoms with E-state index < -0.39 is 0 Å². The lowest BCUT2D eigenvalue weighted by molar-refractivity contribution is -0.136. The van der Waals surface area contributed by atoms with Gasteiger partial charge in [0, 0.05) is 19.7 Å². The number of likely N-dealkylation sites (tertiary alicyclic amines) is 1. The number of rotatable bonds is 8. The molecule has 1 amide bonds. The van der Waals surface area contributed by atoms with Crippen molar-refractivity contribution in [3.8, 4) is 11.5 Å². The lowest BCUT2D eigenvalue weighted by Crippen LogP contribution is -2.43. The zero-order valence-electron chi connectivity index (χ0n) is 13.7. The second-order valence-electron chi connectivity index (χ2n) is 5.53. The van der Waals surface area contributed by atoms with E-state index in [1.54, 1.807) is 13.2 Å². The van der Waals surface area contributed by atoms with Gasteiger partial charge in [0.25, 0.3) is 5.91 Å². The third-order valence-electron chi connectivity index (χ3n) is 3.92. The molecule has 0 saturated carbocycles. The number of benzene rings is 1. The lowest BCUT2D eigenvalue weighted by Gasteiger charge is -2.32. The molecule has 0 spiro atoms. The Balaban J connectivity index is 1.73. The Morgan fingerprint density at radius 3 is 2.61 bits per heavy atom. The van der Waals surface area contributed by atoms with E-state index in [-0.39, 0.29) is 18.6 Å². The van der Waals surface area contributed by atoms with E-state index in [9.17, 15) is 4.79 Å². The molecule has 2 N–H and O–H groups in total. The van der Waals surface area contributed by atoms with Gasteiger partial charge in [0.1, 0.15) is 0 Å². The molecular weight excluding hydrogens is 296 g/mol. The molecule has 1 aromatic rings. The average molecular weight is 322 g/mol. The summed E-state index contributed by atoms with van der Waals surface area (Å²) in [6.45, 7) is 2.80. The Bertz CT molecular complexity index is 487. The van der Waals surface area contributed by atoms with Gasteiger partial charge in [0.2, 0.25) is 0 Å². The Morgan fingerprint density at radius 1 is 1.26 bits per heavy atom. The van der Waals surface area contributed by atoms with E-state index in [0.717, 1.165) is 19.3 Å². The Labute approximate surface area is 137 Å². The van der Waals surface area contributed by atoms with Crippen LogP contribution in [0.25, 0.3) is 0 Å². The zero-order valence-corrected chi connectivity index (χ0v) is 13.7. The zero-order chi connectivity index (χ0) is 16.5. The first-order chi connectivity index (χ1) is 11.2. The number of nitrogens with two attached hydrogens (primary N) is 1. The molecule has 6 heteroatoms.